The predicted molar refractivity (Wildman–Crippen MR) is 136 cm³/mol. The molecule has 0 aliphatic rings. The third-order valence-electron chi connectivity index (χ3n) is 5.55. The van der Waals surface area contributed by atoms with Crippen LogP contribution in [0.15, 0.2) is 64.5 Å². The minimum Gasteiger partial charge on any atom is -0.496 e. The molecule has 0 N–H and O–H groups in total. The molecule has 0 atom stereocenters. The molecule has 0 fully saturated rings. The molecule has 34 heavy (non-hydrogen) atoms. The second-order valence-corrected chi connectivity index (χ2v) is 9.05. The summed E-state index contributed by atoms with van der Waals surface area (Å²) < 4.78 is 12.6. The molecule has 0 radical (unpaired) electrons. The number of ketones is 1. The maximum absolute atomic E-state index is 13.6. The Morgan fingerprint density at radius 3 is 2.29 bits per heavy atom. The summed E-state index contributed by atoms with van der Waals surface area (Å²) in [6.07, 6.45) is 0. The van der Waals surface area contributed by atoms with Gasteiger partial charge in [-0.25, -0.2) is 4.98 Å². The van der Waals surface area contributed by atoms with Crippen molar-refractivity contribution < 1.29 is 14.3 Å². The van der Waals surface area contributed by atoms with Crippen LogP contribution in [0, 0.1) is 13.8 Å². The predicted octanol–water partition coefficient (Wildman–Crippen LogP) is 5.51. The van der Waals surface area contributed by atoms with E-state index >= 15 is 0 Å². The summed E-state index contributed by atoms with van der Waals surface area (Å²) >= 11 is 1.42. The number of benzene rings is 3. The topological polar surface area (TPSA) is 70.4 Å². The zero-order valence-electron chi connectivity index (χ0n) is 19.8. The number of hydrogen-bond acceptors (Lipinski definition) is 6. The van der Waals surface area contributed by atoms with Gasteiger partial charge in [0.1, 0.15) is 11.5 Å². The van der Waals surface area contributed by atoms with Crippen LogP contribution >= 0.6 is 11.8 Å². The molecular weight excluding hydrogens is 448 g/mol. The smallest absolute Gasteiger partial charge is 0.266 e. The summed E-state index contributed by atoms with van der Waals surface area (Å²) in [7, 11) is 3.10. The van der Waals surface area contributed by atoms with Crippen molar-refractivity contribution in [2.24, 2.45) is 0 Å². The molecule has 0 spiro atoms. The number of rotatable bonds is 7. The highest BCUT2D eigenvalue weighted by Crippen LogP contribution is 2.34. The number of nitrogens with zero attached hydrogens (tertiary/aromatic N) is 2. The maximum Gasteiger partial charge on any atom is 0.266 e. The Morgan fingerprint density at radius 2 is 1.65 bits per heavy atom. The molecule has 7 heteroatoms. The molecule has 0 amide bonds. The number of methoxy groups -OCH3 is 2. The molecule has 4 rings (SSSR count). The third kappa shape index (κ3) is 4.56. The number of carbonyl (C=O) groups excluding carboxylic acids is 1. The number of carbonyl (C=O) groups is 1. The van der Waals surface area contributed by atoms with Gasteiger partial charge in [-0.3, -0.25) is 14.2 Å². The van der Waals surface area contributed by atoms with Gasteiger partial charge in [0.2, 0.25) is 0 Å². The maximum atomic E-state index is 13.6. The number of Topliss-reactive ketones (excluding diaryl/α,β-unsaturated/α-hetero) is 1. The molecule has 0 saturated heterocycles. The van der Waals surface area contributed by atoms with Crippen LogP contribution in [0.3, 0.4) is 0 Å². The Morgan fingerprint density at radius 1 is 0.971 bits per heavy atom. The first-order valence-electron chi connectivity index (χ1n) is 10.8. The first-order chi connectivity index (χ1) is 16.3. The van der Waals surface area contributed by atoms with E-state index in [2.05, 4.69) is 6.07 Å². The third-order valence-corrected chi connectivity index (χ3v) is 6.54. The van der Waals surface area contributed by atoms with Gasteiger partial charge < -0.3 is 9.47 Å². The molecule has 0 saturated carbocycles. The molecule has 0 aliphatic carbocycles. The van der Waals surface area contributed by atoms with Gasteiger partial charge in [0.05, 0.1) is 36.4 Å². The van der Waals surface area contributed by atoms with E-state index < -0.39 is 0 Å². The van der Waals surface area contributed by atoms with E-state index in [0.29, 0.717) is 38.9 Å². The first kappa shape index (κ1) is 23.6. The van der Waals surface area contributed by atoms with E-state index in [1.165, 1.54) is 25.8 Å². The molecule has 0 unspecified atom stereocenters. The van der Waals surface area contributed by atoms with Crippen molar-refractivity contribution in [1.82, 2.24) is 9.55 Å². The number of hydrogen-bond donors (Lipinski definition) is 0. The summed E-state index contributed by atoms with van der Waals surface area (Å²) in [5.74, 6) is 1.43. The van der Waals surface area contributed by atoms with Gasteiger partial charge in [-0.2, -0.15) is 0 Å². The number of aryl methyl sites for hydroxylation is 2. The standard InChI is InChI=1S/C27H26N2O4S/c1-16-10-17(2)12-20(11-16)29-26(31)21-8-6-7-9-23(21)28-27(29)34-15-19-13-22(18(3)30)25(33-5)14-24(19)32-4/h6-14H,15H2,1-5H3. The fraction of sp³-hybridized carbons (Fsp3) is 0.222. The van der Waals surface area contributed by atoms with Crippen LogP contribution in [-0.4, -0.2) is 29.6 Å². The lowest BCUT2D eigenvalue weighted by atomic mass is 10.1. The van der Waals surface area contributed by atoms with E-state index in [0.717, 1.165) is 22.4 Å². The summed E-state index contributed by atoms with van der Waals surface area (Å²) in [6.45, 7) is 5.52. The number of aromatic nitrogens is 2. The highest BCUT2D eigenvalue weighted by atomic mass is 32.2. The average molecular weight is 475 g/mol. The van der Waals surface area contributed by atoms with Crippen molar-refractivity contribution in [1.29, 1.82) is 0 Å². The normalized spacial score (nSPS) is 11.0. The lowest BCUT2D eigenvalue weighted by Crippen LogP contribution is -2.22. The summed E-state index contributed by atoms with van der Waals surface area (Å²) in [6, 6.07) is 16.9. The zero-order valence-corrected chi connectivity index (χ0v) is 20.7. The minimum absolute atomic E-state index is 0.0956. The van der Waals surface area contributed by atoms with Gasteiger partial charge in [0.15, 0.2) is 10.9 Å². The van der Waals surface area contributed by atoms with Gasteiger partial charge in [-0.05, 0) is 62.2 Å². The van der Waals surface area contributed by atoms with Crippen LogP contribution in [-0.2, 0) is 5.75 Å². The number of fused-ring (bicyclic) bond motifs is 1. The molecule has 3 aromatic carbocycles. The molecule has 4 aromatic rings. The van der Waals surface area contributed by atoms with Crippen molar-refractivity contribution in [2.75, 3.05) is 14.2 Å². The van der Waals surface area contributed by atoms with Crippen molar-refractivity contribution in [3.05, 3.63) is 87.2 Å². The van der Waals surface area contributed by atoms with Gasteiger partial charge >= 0.3 is 0 Å². The van der Waals surface area contributed by atoms with Crippen molar-refractivity contribution in [3.63, 3.8) is 0 Å². The summed E-state index contributed by atoms with van der Waals surface area (Å²) in [5.41, 5.74) is 4.72. The van der Waals surface area contributed by atoms with E-state index in [-0.39, 0.29) is 11.3 Å². The van der Waals surface area contributed by atoms with Gasteiger partial charge in [0, 0.05) is 17.4 Å². The van der Waals surface area contributed by atoms with Crippen molar-refractivity contribution >= 4 is 28.4 Å². The molecule has 1 aromatic heterocycles. The Bertz CT molecular complexity index is 1440. The first-order valence-corrected chi connectivity index (χ1v) is 11.8. The Balaban J connectivity index is 1.85. The van der Waals surface area contributed by atoms with Crippen molar-refractivity contribution in [2.45, 2.75) is 31.7 Å². The van der Waals surface area contributed by atoms with E-state index in [9.17, 15) is 9.59 Å². The van der Waals surface area contributed by atoms with Crippen molar-refractivity contribution in [3.8, 4) is 17.2 Å². The monoisotopic (exact) mass is 474 g/mol. The highest BCUT2D eigenvalue weighted by molar-refractivity contribution is 7.98. The average Bonchev–Trinajstić information content (AvgIpc) is 2.81. The van der Waals surface area contributed by atoms with Gasteiger partial charge in [-0.1, -0.05) is 30.0 Å². The molecule has 6 nitrogen and oxygen atoms in total. The van der Waals surface area contributed by atoms with E-state index in [4.69, 9.17) is 14.5 Å². The Hall–Kier alpha value is -3.58. The fourth-order valence-corrected chi connectivity index (χ4v) is 5.00. The summed E-state index contributed by atoms with van der Waals surface area (Å²) in [4.78, 5) is 30.5. The number of ether oxygens (including phenoxy) is 2. The van der Waals surface area contributed by atoms with Crippen LogP contribution in [0.5, 0.6) is 11.5 Å². The quantitative estimate of drug-likeness (QED) is 0.200. The fourth-order valence-electron chi connectivity index (χ4n) is 4.01. The van der Waals surface area contributed by atoms with E-state index in [1.807, 2.05) is 44.2 Å². The second-order valence-electron chi connectivity index (χ2n) is 8.11. The van der Waals surface area contributed by atoms with Crippen LogP contribution in [0.4, 0.5) is 0 Å². The minimum atomic E-state index is -0.121. The highest BCUT2D eigenvalue weighted by Gasteiger charge is 2.18. The van der Waals surface area contributed by atoms with Gasteiger partial charge in [0.25, 0.3) is 5.56 Å². The lowest BCUT2D eigenvalue weighted by molar-refractivity contribution is 0.101. The zero-order chi connectivity index (χ0) is 24.4. The lowest BCUT2D eigenvalue weighted by Gasteiger charge is -2.16. The SMILES string of the molecule is COc1cc(OC)c(C(C)=O)cc1CSc1nc2ccccc2c(=O)n1-c1cc(C)cc(C)c1. The van der Waals surface area contributed by atoms with E-state index in [1.54, 1.807) is 29.9 Å². The molecule has 174 valence electrons. The molecule has 0 bridgehead atoms. The number of thioether (sulfide) groups is 1. The van der Waals surface area contributed by atoms with Gasteiger partial charge in [-0.15, -0.1) is 0 Å². The van der Waals surface area contributed by atoms with Crippen LogP contribution < -0.4 is 15.0 Å². The molecule has 1 heterocycles. The largest absolute Gasteiger partial charge is 0.496 e. The second kappa shape index (κ2) is 9.73. The summed E-state index contributed by atoms with van der Waals surface area (Å²) in [5, 5.41) is 1.13. The van der Waals surface area contributed by atoms with Crippen LogP contribution in [0.2, 0.25) is 0 Å². The molecular formula is C27H26N2O4S. The van der Waals surface area contributed by atoms with Crippen LogP contribution in [0.1, 0.15) is 34.0 Å². The Kier molecular flexibility index (Phi) is 6.75. The number of para-hydroxylation sites is 1. The Labute approximate surface area is 202 Å². The van der Waals surface area contributed by atoms with Crippen LogP contribution in [0.25, 0.3) is 16.6 Å². The molecule has 0 aliphatic heterocycles.